The van der Waals surface area contributed by atoms with Gasteiger partial charge >= 0.3 is 0 Å². The van der Waals surface area contributed by atoms with Gasteiger partial charge in [0.2, 0.25) is 0 Å². The molecule has 17 heavy (non-hydrogen) atoms. The highest BCUT2D eigenvalue weighted by molar-refractivity contribution is 5.32. The predicted molar refractivity (Wildman–Crippen MR) is 75.2 cm³/mol. The van der Waals surface area contributed by atoms with Crippen molar-refractivity contribution in [2.45, 2.75) is 39.5 Å². The molecule has 90 valence electrons. The van der Waals surface area contributed by atoms with Gasteiger partial charge < -0.3 is 0 Å². The number of allylic oxidation sites excluding steroid dienone is 3. The molecule has 2 atom stereocenters. The molecule has 0 radical (unpaired) electrons. The van der Waals surface area contributed by atoms with Crippen LogP contribution < -0.4 is 0 Å². The van der Waals surface area contributed by atoms with Crippen LogP contribution in [0.4, 0.5) is 0 Å². The molecule has 1 aliphatic carbocycles. The molecule has 0 saturated carbocycles. The Morgan fingerprint density at radius 3 is 2.41 bits per heavy atom. The highest BCUT2D eigenvalue weighted by Crippen LogP contribution is 2.38. The van der Waals surface area contributed by atoms with Gasteiger partial charge in [0, 0.05) is 5.92 Å². The van der Waals surface area contributed by atoms with Crippen LogP contribution in [0.25, 0.3) is 0 Å². The van der Waals surface area contributed by atoms with Gasteiger partial charge in [-0.25, -0.2) is 0 Å². The molecule has 0 spiro atoms. The summed E-state index contributed by atoms with van der Waals surface area (Å²) in [6, 6.07) is 8.98. The molecule has 1 aromatic carbocycles. The van der Waals surface area contributed by atoms with E-state index in [2.05, 4.69) is 57.7 Å². The van der Waals surface area contributed by atoms with Gasteiger partial charge in [-0.1, -0.05) is 53.6 Å². The van der Waals surface area contributed by atoms with Crippen molar-refractivity contribution >= 4 is 0 Å². The third kappa shape index (κ3) is 2.69. The van der Waals surface area contributed by atoms with Crippen molar-refractivity contribution in [3.05, 3.63) is 59.2 Å². The van der Waals surface area contributed by atoms with Crippen LogP contribution in [0.15, 0.2) is 48.1 Å². The molecule has 1 aromatic rings. The number of aryl methyl sites for hydroxylation is 1. The summed E-state index contributed by atoms with van der Waals surface area (Å²) < 4.78 is 0. The van der Waals surface area contributed by atoms with E-state index in [1.807, 2.05) is 0 Å². The Labute approximate surface area is 105 Å². The largest absolute Gasteiger partial charge is 0.0998 e. The van der Waals surface area contributed by atoms with Gasteiger partial charge in [-0.3, -0.25) is 0 Å². The minimum Gasteiger partial charge on any atom is -0.0998 e. The molecule has 0 saturated heterocycles. The fraction of sp³-hybridized carbons (Fsp3) is 0.412. The molecule has 0 unspecified atom stereocenters. The van der Waals surface area contributed by atoms with E-state index in [0.29, 0.717) is 11.8 Å². The van der Waals surface area contributed by atoms with Crippen molar-refractivity contribution < 1.29 is 0 Å². The van der Waals surface area contributed by atoms with Gasteiger partial charge in [-0.05, 0) is 45.1 Å². The van der Waals surface area contributed by atoms with Crippen molar-refractivity contribution in [3.8, 4) is 0 Å². The number of rotatable bonds is 2. The normalized spacial score (nSPS) is 24.3. The molecule has 0 aromatic heterocycles. The van der Waals surface area contributed by atoms with Gasteiger partial charge in [-0.15, -0.1) is 0 Å². The van der Waals surface area contributed by atoms with E-state index in [9.17, 15) is 0 Å². The lowest BCUT2D eigenvalue weighted by molar-refractivity contribution is 0.496. The van der Waals surface area contributed by atoms with E-state index in [1.165, 1.54) is 35.1 Å². The number of hydrogen-bond donors (Lipinski definition) is 0. The smallest absolute Gasteiger partial charge is 0.00512 e. The summed E-state index contributed by atoms with van der Waals surface area (Å²) in [6.07, 6.45) is 4.79. The topological polar surface area (TPSA) is 0 Å². The van der Waals surface area contributed by atoms with E-state index < -0.39 is 0 Å². The standard InChI is InChI=1S/C17H22/c1-12(2)16-10-7-14(4)17(11-16)15-8-5-13(3)6-9-15/h5-9,16-17H,1,10-11H2,2-4H3/t16-,17-/m1/s1. The third-order valence-corrected chi connectivity index (χ3v) is 3.97. The first-order valence-corrected chi connectivity index (χ1v) is 6.46. The summed E-state index contributed by atoms with van der Waals surface area (Å²) in [6.45, 7) is 10.7. The van der Waals surface area contributed by atoms with Gasteiger partial charge in [0.05, 0.1) is 0 Å². The van der Waals surface area contributed by atoms with Crippen LogP contribution in [-0.4, -0.2) is 0 Å². The molecule has 0 heterocycles. The van der Waals surface area contributed by atoms with Crippen LogP contribution in [0, 0.1) is 12.8 Å². The monoisotopic (exact) mass is 226 g/mol. The molecule has 0 N–H and O–H groups in total. The van der Waals surface area contributed by atoms with E-state index in [-0.39, 0.29) is 0 Å². The Kier molecular flexibility index (Phi) is 3.51. The summed E-state index contributed by atoms with van der Waals surface area (Å²) in [7, 11) is 0. The first-order valence-electron chi connectivity index (χ1n) is 6.46. The zero-order chi connectivity index (χ0) is 12.4. The molecule has 0 heteroatoms. The first-order chi connectivity index (χ1) is 8.08. The van der Waals surface area contributed by atoms with Crippen LogP contribution in [-0.2, 0) is 0 Å². The fourth-order valence-electron chi connectivity index (χ4n) is 2.64. The molecular weight excluding hydrogens is 204 g/mol. The Balaban J connectivity index is 2.25. The predicted octanol–water partition coefficient (Wildman–Crippen LogP) is 5.01. The van der Waals surface area contributed by atoms with Crippen molar-refractivity contribution in [2.75, 3.05) is 0 Å². The second-order valence-electron chi connectivity index (χ2n) is 5.43. The maximum atomic E-state index is 4.12. The average molecular weight is 226 g/mol. The first kappa shape index (κ1) is 12.2. The third-order valence-electron chi connectivity index (χ3n) is 3.97. The maximum Gasteiger partial charge on any atom is 0.00512 e. The van der Waals surface area contributed by atoms with Crippen molar-refractivity contribution in [3.63, 3.8) is 0 Å². The highest BCUT2D eigenvalue weighted by atomic mass is 14.3. The summed E-state index contributed by atoms with van der Waals surface area (Å²) >= 11 is 0. The van der Waals surface area contributed by atoms with E-state index in [4.69, 9.17) is 0 Å². The van der Waals surface area contributed by atoms with E-state index in [1.54, 1.807) is 0 Å². The molecule has 0 nitrogen and oxygen atoms in total. The van der Waals surface area contributed by atoms with Gasteiger partial charge in [0.1, 0.15) is 0 Å². The summed E-state index contributed by atoms with van der Waals surface area (Å²) in [5, 5.41) is 0. The molecule has 0 bridgehead atoms. The van der Waals surface area contributed by atoms with Crippen LogP contribution >= 0.6 is 0 Å². The lowest BCUT2D eigenvalue weighted by atomic mass is 9.76. The van der Waals surface area contributed by atoms with Gasteiger partial charge in [0.25, 0.3) is 0 Å². The SMILES string of the molecule is C=C(C)[C@@H]1CC=C(C)[C@H](c2ccc(C)cc2)C1. The minimum atomic E-state index is 0.589. The number of hydrogen-bond acceptors (Lipinski definition) is 0. The molecule has 0 aliphatic heterocycles. The number of benzene rings is 1. The second-order valence-corrected chi connectivity index (χ2v) is 5.43. The van der Waals surface area contributed by atoms with Crippen LogP contribution in [0.5, 0.6) is 0 Å². The maximum absolute atomic E-state index is 4.12. The summed E-state index contributed by atoms with van der Waals surface area (Å²) in [5.41, 5.74) is 5.63. The van der Waals surface area contributed by atoms with Crippen LogP contribution in [0.3, 0.4) is 0 Å². The van der Waals surface area contributed by atoms with Gasteiger partial charge in [0.15, 0.2) is 0 Å². The zero-order valence-corrected chi connectivity index (χ0v) is 11.2. The Bertz CT molecular complexity index is 434. The summed E-state index contributed by atoms with van der Waals surface area (Å²) in [5.74, 6) is 1.25. The second kappa shape index (κ2) is 4.91. The summed E-state index contributed by atoms with van der Waals surface area (Å²) in [4.78, 5) is 0. The minimum absolute atomic E-state index is 0.589. The van der Waals surface area contributed by atoms with Crippen LogP contribution in [0.2, 0.25) is 0 Å². The Morgan fingerprint density at radius 1 is 1.18 bits per heavy atom. The highest BCUT2D eigenvalue weighted by Gasteiger charge is 2.23. The lowest BCUT2D eigenvalue weighted by Crippen LogP contribution is -2.14. The van der Waals surface area contributed by atoms with E-state index in [0.717, 1.165) is 0 Å². The van der Waals surface area contributed by atoms with Crippen molar-refractivity contribution in [1.82, 2.24) is 0 Å². The van der Waals surface area contributed by atoms with Crippen LogP contribution in [0.1, 0.15) is 43.7 Å². The lowest BCUT2D eigenvalue weighted by Gasteiger charge is -2.29. The Morgan fingerprint density at radius 2 is 1.82 bits per heavy atom. The zero-order valence-electron chi connectivity index (χ0n) is 11.2. The Hall–Kier alpha value is -1.30. The fourth-order valence-corrected chi connectivity index (χ4v) is 2.64. The molecule has 0 amide bonds. The van der Waals surface area contributed by atoms with Crippen molar-refractivity contribution in [2.24, 2.45) is 5.92 Å². The molecular formula is C17H22. The molecule has 1 aliphatic rings. The quantitative estimate of drug-likeness (QED) is 0.622. The average Bonchev–Trinajstić information content (AvgIpc) is 2.31. The molecule has 2 rings (SSSR count). The molecule has 0 fully saturated rings. The van der Waals surface area contributed by atoms with Crippen molar-refractivity contribution in [1.29, 1.82) is 0 Å². The van der Waals surface area contributed by atoms with E-state index >= 15 is 0 Å². The van der Waals surface area contributed by atoms with Gasteiger partial charge in [-0.2, -0.15) is 0 Å².